The molecule has 0 radical (unpaired) electrons. The van der Waals surface area contributed by atoms with E-state index in [9.17, 15) is 32.8 Å². The first-order chi connectivity index (χ1) is 33.5. The molecule has 4 aromatic carbocycles. The SMILES string of the molecule is O=C1CCC(N2Cc3c(NC(=O)CCOCCOCCOCCNCCNC(=O)c4ccc(Nc5ncc6c(n5)-c5ccc(Cl)cc5C(c5c(F)cccc5F)=NC6)cc4)cccc3C2=O)C(=O)N1. The number of anilines is 3. The lowest BCUT2D eigenvalue weighted by atomic mass is 9.95. The lowest BCUT2D eigenvalue weighted by molar-refractivity contribution is -0.137. The molecule has 358 valence electrons. The van der Waals surface area contributed by atoms with Crippen LogP contribution in [-0.4, -0.2) is 115 Å². The largest absolute Gasteiger partial charge is 0.379 e. The number of rotatable bonds is 21. The van der Waals surface area contributed by atoms with Crippen molar-refractivity contribution in [1.29, 1.82) is 0 Å². The monoisotopic (exact) mass is 963 g/mol. The average molecular weight is 964 g/mol. The van der Waals surface area contributed by atoms with Crippen LogP contribution in [-0.2, 0) is 41.7 Å². The number of nitrogens with zero attached hydrogens (tertiary/aromatic N) is 4. The van der Waals surface area contributed by atoms with Crippen LogP contribution in [0.1, 0.15) is 62.2 Å². The molecule has 5 N–H and O–H groups in total. The molecule has 0 saturated carbocycles. The van der Waals surface area contributed by atoms with E-state index in [1.807, 2.05) is 0 Å². The van der Waals surface area contributed by atoms with Gasteiger partial charge in [-0.1, -0.05) is 29.8 Å². The third kappa shape index (κ3) is 12.0. The fraction of sp³-hybridized carbons (Fsp3) is 0.306. The third-order valence-corrected chi connectivity index (χ3v) is 11.7. The van der Waals surface area contributed by atoms with Gasteiger partial charge in [0.05, 0.1) is 69.6 Å². The van der Waals surface area contributed by atoms with Gasteiger partial charge in [-0.15, -0.1) is 0 Å². The van der Waals surface area contributed by atoms with E-state index in [1.165, 1.54) is 23.1 Å². The number of amides is 5. The molecule has 1 saturated heterocycles. The summed E-state index contributed by atoms with van der Waals surface area (Å²) in [5.41, 5.74) is 4.76. The van der Waals surface area contributed by atoms with E-state index in [-0.39, 0.29) is 79.8 Å². The summed E-state index contributed by atoms with van der Waals surface area (Å²) in [4.78, 5) is 77.6. The van der Waals surface area contributed by atoms with E-state index >= 15 is 0 Å². The fourth-order valence-electron chi connectivity index (χ4n) is 8.01. The molecule has 20 heteroatoms. The molecular formula is C49H48ClF2N9O8. The normalized spacial score (nSPS) is 15.1. The number of halogens is 3. The van der Waals surface area contributed by atoms with Crippen molar-refractivity contribution in [3.05, 3.63) is 135 Å². The van der Waals surface area contributed by atoms with Crippen LogP contribution in [0.3, 0.4) is 0 Å². The molecule has 1 unspecified atom stereocenters. The van der Waals surface area contributed by atoms with E-state index < -0.39 is 23.6 Å². The molecule has 69 heavy (non-hydrogen) atoms. The fourth-order valence-corrected chi connectivity index (χ4v) is 8.19. The number of fused-ring (bicyclic) bond motifs is 4. The van der Waals surface area contributed by atoms with Crippen molar-refractivity contribution in [1.82, 2.24) is 30.8 Å². The Labute approximate surface area is 400 Å². The minimum atomic E-state index is -0.740. The van der Waals surface area contributed by atoms with Gasteiger partial charge < -0.3 is 40.4 Å². The highest BCUT2D eigenvalue weighted by Crippen LogP contribution is 2.35. The summed E-state index contributed by atoms with van der Waals surface area (Å²) in [6, 6.07) is 19.8. The second-order valence-corrected chi connectivity index (χ2v) is 16.5. The molecule has 3 aliphatic heterocycles. The Bertz CT molecular complexity index is 2760. The van der Waals surface area contributed by atoms with Gasteiger partial charge in [0.15, 0.2) is 0 Å². The van der Waals surface area contributed by atoms with Crippen molar-refractivity contribution in [3.8, 4) is 11.3 Å². The number of carbonyl (C=O) groups excluding carboxylic acids is 5. The molecule has 1 fully saturated rings. The number of aromatic nitrogens is 2. The second-order valence-electron chi connectivity index (χ2n) is 16.1. The zero-order chi connectivity index (χ0) is 48.3. The summed E-state index contributed by atoms with van der Waals surface area (Å²) in [6.07, 6.45) is 2.12. The third-order valence-electron chi connectivity index (χ3n) is 11.5. The first kappa shape index (κ1) is 48.4. The van der Waals surface area contributed by atoms with E-state index in [1.54, 1.807) is 66.9 Å². The number of ether oxygens (including phenoxy) is 3. The van der Waals surface area contributed by atoms with Crippen LogP contribution in [0.15, 0.2) is 90.1 Å². The Balaban J connectivity index is 0.666. The molecule has 5 aromatic rings. The number of carbonyl (C=O) groups is 5. The number of hydrogen-bond donors (Lipinski definition) is 5. The summed E-state index contributed by atoms with van der Waals surface area (Å²) in [6.45, 7) is 3.73. The van der Waals surface area contributed by atoms with Gasteiger partial charge in [0.25, 0.3) is 11.8 Å². The van der Waals surface area contributed by atoms with Crippen LogP contribution >= 0.6 is 11.6 Å². The van der Waals surface area contributed by atoms with Crippen LogP contribution in [0.5, 0.6) is 0 Å². The van der Waals surface area contributed by atoms with E-state index in [4.69, 9.17) is 30.8 Å². The standard InChI is InChI=1S/C49H48ClF2N9O8/c50-31-9-12-33-35(25-31)45(43-37(51)4-2-5-38(43)52)55-26-30-27-56-49(60-44(30)33)57-32-10-7-29(8-11-32)46(64)54-17-16-53-18-20-68-22-24-69-23-21-67-19-15-42(63)58-39-6-1-3-34-36(39)28-61(48(34)66)40-13-14-41(62)59-47(40)65/h1-12,25,27,40,53H,13-24,26,28H2,(H,54,64)(H,58,63)(H,56,57,60)(H,59,62,65). The Hall–Kier alpha value is -7.03. The van der Waals surface area contributed by atoms with Crippen LogP contribution in [0.4, 0.5) is 26.1 Å². The molecule has 1 atom stereocenters. The van der Waals surface area contributed by atoms with E-state index in [0.29, 0.717) is 108 Å². The summed E-state index contributed by atoms with van der Waals surface area (Å²) in [7, 11) is 0. The van der Waals surface area contributed by atoms with Crippen molar-refractivity contribution in [3.63, 3.8) is 0 Å². The van der Waals surface area contributed by atoms with Crippen molar-refractivity contribution in [2.45, 2.75) is 38.4 Å². The predicted molar refractivity (Wildman–Crippen MR) is 251 cm³/mol. The van der Waals surface area contributed by atoms with Crippen LogP contribution in [0, 0.1) is 11.6 Å². The van der Waals surface area contributed by atoms with Gasteiger partial charge >= 0.3 is 0 Å². The number of nitrogens with one attached hydrogen (secondary N) is 5. The van der Waals surface area contributed by atoms with Crippen LogP contribution in [0.25, 0.3) is 11.3 Å². The van der Waals surface area contributed by atoms with Crippen LogP contribution < -0.4 is 26.6 Å². The van der Waals surface area contributed by atoms with Gasteiger partial charge in [-0.05, 0) is 67.1 Å². The number of aliphatic imine (C=N–C) groups is 1. The molecule has 5 amide bonds. The lowest BCUT2D eigenvalue weighted by Crippen LogP contribution is -2.52. The van der Waals surface area contributed by atoms with Crippen molar-refractivity contribution in [2.75, 3.05) is 69.9 Å². The maximum absolute atomic E-state index is 14.9. The lowest BCUT2D eigenvalue weighted by Gasteiger charge is -2.29. The minimum absolute atomic E-state index is 0.0893. The number of piperidine rings is 1. The molecule has 4 heterocycles. The summed E-state index contributed by atoms with van der Waals surface area (Å²) in [5.74, 6) is -2.89. The average Bonchev–Trinajstić information content (AvgIpc) is 3.59. The molecular weight excluding hydrogens is 916 g/mol. The molecule has 0 spiro atoms. The Kier molecular flexibility index (Phi) is 16.0. The molecule has 8 rings (SSSR count). The van der Waals surface area contributed by atoms with Crippen molar-refractivity contribution >= 4 is 64.2 Å². The Morgan fingerprint density at radius 1 is 0.826 bits per heavy atom. The molecule has 3 aliphatic rings. The highest BCUT2D eigenvalue weighted by Gasteiger charge is 2.40. The number of imide groups is 1. The Morgan fingerprint density at radius 2 is 1.57 bits per heavy atom. The van der Waals surface area contributed by atoms with Gasteiger partial charge in [0.2, 0.25) is 23.7 Å². The first-order valence-corrected chi connectivity index (χ1v) is 22.7. The summed E-state index contributed by atoms with van der Waals surface area (Å²) >= 11 is 6.34. The van der Waals surface area contributed by atoms with Gasteiger partial charge in [0, 0.05) is 88.6 Å². The first-order valence-electron chi connectivity index (χ1n) is 22.3. The smallest absolute Gasteiger partial charge is 0.255 e. The quantitative estimate of drug-likeness (QED) is 0.0467. The highest BCUT2D eigenvalue weighted by molar-refractivity contribution is 6.31. The molecule has 17 nitrogen and oxygen atoms in total. The minimum Gasteiger partial charge on any atom is -0.379 e. The highest BCUT2D eigenvalue weighted by atomic mass is 35.5. The van der Waals surface area contributed by atoms with E-state index in [2.05, 4.69) is 36.6 Å². The van der Waals surface area contributed by atoms with Crippen LogP contribution in [0.2, 0.25) is 5.02 Å². The summed E-state index contributed by atoms with van der Waals surface area (Å²) < 4.78 is 46.5. The maximum atomic E-state index is 14.9. The number of hydrogen-bond acceptors (Lipinski definition) is 13. The van der Waals surface area contributed by atoms with E-state index in [0.717, 1.165) is 0 Å². The molecule has 1 aromatic heterocycles. The van der Waals surface area contributed by atoms with Gasteiger partial charge in [0.1, 0.15) is 17.7 Å². The zero-order valence-electron chi connectivity index (χ0n) is 37.2. The van der Waals surface area contributed by atoms with Crippen molar-refractivity contribution in [2.24, 2.45) is 4.99 Å². The predicted octanol–water partition coefficient (Wildman–Crippen LogP) is 5.33. The Morgan fingerprint density at radius 3 is 2.33 bits per heavy atom. The van der Waals surface area contributed by atoms with Crippen molar-refractivity contribution < 1.29 is 47.0 Å². The van der Waals surface area contributed by atoms with Gasteiger partial charge in [-0.3, -0.25) is 34.3 Å². The van der Waals surface area contributed by atoms with Gasteiger partial charge in [-0.2, -0.15) is 0 Å². The van der Waals surface area contributed by atoms with Gasteiger partial charge in [-0.25, -0.2) is 18.7 Å². The zero-order valence-corrected chi connectivity index (χ0v) is 38.0. The number of benzene rings is 4. The topological polar surface area (TPSA) is 215 Å². The maximum Gasteiger partial charge on any atom is 0.255 e. The molecule has 0 aliphatic carbocycles. The molecule has 0 bridgehead atoms. The second kappa shape index (κ2) is 22.8. The summed E-state index contributed by atoms with van der Waals surface area (Å²) in [5, 5.41) is 14.8.